The molecular formula is C11H8N2O. The van der Waals surface area contributed by atoms with Gasteiger partial charge in [-0.15, -0.1) is 0 Å². The number of amides is 1. The maximum absolute atomic E-state index is 11.5. The first-order chi connectivity index (χ1) is 6.86. The van der Waals surface area contributed by atoms with Gasteiger partial charge in [-0.25, -0.2) is 0 Å². The molecule has 0 unspecified atom stereocenters. The fourth-order valence-electron chi connectivity index (χ4n) is 1.80. The molecule has 0 aromatic heterocycles. The lowest BCUT2D eigenvalue weighted by atomic mass is 10.1. The number of aliphatic imine (C=N–C) groups is 1. The Morgan fingerprint density at radius 1 is 1.21 bits per heavy atom. The number of hydrogen-bond donors (Lipinski definition) is 0. The van der Waals surface area contributed by atoms with E-state index in [0.29, 0.717) is 0 Å². The minimum atomic E-state index is 0.0526. The van der Waals surface area contributed by atoms with Gasteiger partial charge in [0.25, 0.3) is 5.91 Å². The van der Waals surface area contributed by atoms with Crippen LogP contribution in [0.15, 0.2) is 35.3 Å². The summed E-state index contributed by atoms with van der Waals surface area (Å²) in [6, 6.07) is 7.83. The van der Waals surface area contributed by atoms with Gasteiger partial charge in [0, 0.05) is 0 Å². The van der Waals surface area contributed by atoms with Crippen LogP contribution in [0.1, 0.15) is 5.56 Å². The first-order valence-electron chi connectivity index (χ1n) is 4.51. The van der Waals surface area contributed by atoms with Gasteiger partial charge in [-0.2, -0.15) is 0 Å². The van der Waals surface area contributed by atoms with E-state index in [1.165, 1.54) is 0 Å². The highest BCUT2D eigenvalue weighted by Gasteiger charge is 2.28. The van der Waals surface area contributed by atoms with Gasteiger partial charge in [-0.1, -0.05) is 18.2 Å². The molecule has 3 nitrogen and oxygen atoms in total. The number of benzene rings is 1. The van der Waals surface area contributed by atoms with Crippen molar-refractivity contribution in [1.82, 2.24) is 0 Å². The molecule has 0 aliphatic carbocycles. The van der Waals surface area contributed by atoms with Crippen molar-refractivity contribution in [3.05, 3.63) is 35.9 Å². The number of anilines is 1. The van der Waals surface area contributed by atoms with Crippen LogP contribution in [-0.2, 0) is 4.79 Å². The van der Waals surface area contributed by atoms with Crippen molar-refractivity contribution < 1.29 is 4.79 Å². The number of hydrogen-bond acceptors (Lipinski definition) is 2. The summed E-state index contributed by atoms with van der Waals surface area (Å²) in [4.78, 5) is 17.4. The van der Waals surface area contributed by atoms with Crippen LogP contribution >= 0.6 is 0 Å². The van der Waals surface area contributed by atoms with Crippen LogP contribution < -0.4 is 4.90 Å². The average molecular weight is 184 g/mol. The van der Waals surface area contributed by atoms with E-state index in [1.54, 1.807) is 4.90 Å². The van der Waals surface area contributed by atoms with Gasteiger partial charge in [0.05, 0.1) is 5.69 Å². The second-order valence-electron chi connectivity index (χ2n) is 3.30. The molecule has 2 heterocycles. The molecule has 0 radical (unpaired) electrons. The molecule has 2 aliphatic heterocycles. The second kappa shape index (κ2) is 2.54. The highest BCUT2D eigenvalue weighted by molar-refractivity contribution is 6.28. The molecule has 3 rings (SSSR count). The molecule has 0 fully saturated rings. The Morgan fingerprint density at radius 3 is 3.00 bits per heavy atom. The molecule has 1 amide bonds. The molecule has 0 atom stereocenters. The predicted molar refractivity (Wildman–Crippen MR) is 55.3 cm³/mol. The van der Waals surface area contributed by atoms with Gasteiger partial charge in [0.2, 0.25) is 0 Å². The summed E-state index contributed by atoms with van der Waals surface area (Å²) in [6.07, 6.45) is 3.87. The maximum Gasteiger partial charge on any atom is 0.254 e. The summed E-state index contributed by atoms with van der Waals surface area (Å²) < 4.78 is 0. The summed E-state index contributed by atoms with van der Waals surface area (Å²) in [5, 5.41) is 0. The highest BCUT2D eigenvalue weighted by atomic mass is 16.2. The first-order valence-corrected chi connectivity index (χ1v) is 4.51. The number of rotatable bonds is 0. The maximum atomic E-state index is 11.5. The lowest BCUT2D eigenvalue weighted by Crippen LogP contribution is -2.33. The van der Waals surface area contributed by atoms with E-state index in [-0.39, 0.29) is 12.5 Å². The zero-order valence-electron chi connectivity index (χ0n) is 7.47. The minimum Gasteiger partial charge on any atom is -0.272 e. The van der Waals surface area contributed by atoms with Crippen LogP contribution in [0.3, 0.4) is 0 Å². The van der Waals surface area contributed by atoms with Gasteiger partial charge in [0.1, 0.15) is 12.4 Å². The number of para-hydroxylation sites is 1. The van der Waals surface area contributed by atoms with Crippen molar-refractivity contribution in [2.75, 3.05) is 11.4 Å². The largest absolute Gasteiger partial charge is 0.272 e. The number of carbonyl (C=O) groups excluding carboxylic acids is 1. The standard InChI is InChI=1S/C11H8N2O/c14-11-7-12-10-6-5-8-3-1-2-4-9(8)13(10)11/h1-6H,7H2. The van der Waals surface area contributed by atoms with Gasteiger partial charge in [-0.05, 0) is 23.8 Å². The Bertz CT molecular complexity index is 474. The number of amidine groups is 1. The Morgan fingerprint density at radius 2 is 2.07 bits per heavy atom. The zero-order chi connectivity index (χ0) is 9.54. The summed E-state index contributed by atoms with van der Waals surface area (Å²) in [6.45, 7) is 0.272. The Labute approximate surface area is 81.4 Å². The molecule has 0 saturated heterocycles. The molecule has 0 saturated carbocycles. The average Bonchev–Trinajstić information content (AvgIpc) is 2.61. The van der Waals surface area contributed by atoms with E-state index in [9.17, 15) is 4.79 Å². The van der Waals surface area contributed by atoms with Crippen LogP contribution in [-0.4, -0.2) is 18.3 Å². The summed E-state index contributed by atoms with van der Waals surface area (Å²) in [5.41, 5.74) is 2.01. The van der Waals surface area contributed by atoms with Crippen molar-refractivity contribution in [1.29, 1.82) is 0 Å². The molecule has 2 aliphatic rings. The molecule has 0 bridgehead atoms. The predicted octanol–water partition coefficient (Wildman–Crippen LogP) is 1.46. The van der Waals surface area contributed by atoms with Crippen molar-refractivity contribution in [3.63, 3.8) is 0 Å². The lowest BCUT2D eigenvalue weighted by molar-refractivity contribution is -0.115. The van der Waals surface area contributed by atoms with Gasteiger partial charge >= 0.3 is 0 Å². The molecule has 1 aromatic rings. The lowest BCUT2D eigenvalue weighted by Gasteiger charge is -2.22. The number of fused-ring (bicyclic) bond motifs is 3. The summed E-state index contributed by atoms with van der Waals surface area (Å²) in [5.74, 6) is 0.811. The van der Waals surface area contributed by atoms with Crippen molar-refractivity contribution in [3.8, 4) is 0 Å². The molecule has 14 heavy (non-hydrogen) atoms. The fourth-order valence-corrected chi connectivity index (χ4v) is 1.80. The molecule has 3 heteroatoms. The first kappa shape index (κ1) is 7.50. The molecular weight excluding hydrogens is 176 g/mol. The van der Waals surface area contributed by atoms with Crippen LogP contribution in [0.25, 0.3) is 6.08 Å². The number of nitrogens with zero attached hydrogens (tertiary/aromatic N) is 2. The summed E-state index contributed by atoms with van der Waals surface area (Å²) in [7, 11) is 0. The third-order valence-corrected chi connectivity index (χ3v) is 2.44. The van der Waals surface area contributed by atoms with E-state index in [0.717, 1.165) is 17.1 Å². The number of carbonyl (C=O) groups is 1. The fraction of sp³-hybridized carbons (Fsp3) is 0.0909. The summed E-state index contributed by atoms with van der Waals surface area (Å²) >= 11 is 0. The van der Waals surface area contributed by atoms with Crippen LogP contribution in [0.4, 0.5) is 5.69 Å². The molecule has 0 spiro atoms. The molecule has 0 N–H and O–H groups in total. The van der Waals surface area contributed by atoms with Crippen LogP contribution in [0, 0.1) is 0 Å². The van der Waals surface area contributed by atoms with Gasteiger partial charge in [0.15, 0.2) is 0 Å². The third kappa shape index (κ3) is 0.865. The second-order valence-corrected chi connectivity index (χ2v) is 3.30. The zero-order valence-corrected chi connectivity index (χ0v) is 7.47. The molecule has 68 valence electrons. The Kier molecular flexibility index (Phi) is 1.36. The van der Waals surface area contributed by atoms with E-state index in [1.807, 2.05) is 36.4 Å². The van der Waals surface area contributed by atoms with Crippen molar-refractivity contribution in [2.24, 2.45) is 4.99 Å². The van der Waals surface area contributed by atoms with Crippen molar-refractivity contribution in [2.45, 2.75) is 0 Å². The normalized spacial score (nSPS) is 17.9. The SMILES string of the molecule is O=C1CN=C2C=Cc3ccccc3N12. The van der Waals surface area contributed by atoms with E-state index >= 15 is 0 Å². The van der Waals surface area contributed by atoms with Crippen LogP contribution in [0.5, 0.6) is 0 Å². The monoisotopic (exact) mass is 184 g/mol. The van der Waals surface area contributed by atoms with Gasteiger partial charge in [-0.3, -0.25) is 14.7 Å². The smallest absolute Gasteiger partial charge is 0.254 e. The molecule has 1 aromatic carbocycles. The Balaban J connectivity index is 2.23. The van der Waals surface area contributed by atoms with Crippen LogP contribution in [0.2, 0.25) is 0 Å². The Hall–Kier alpha value is -1.90. The van der Waals surface area contributed by atoms with E-state index in [2.05, 4.69) is 4.99 Å². The topological polar surface area (TPSA) is 32.7 Å². The minimum absolute atomic E-state index is 0.0526. The van der Waals surface area contributed by atoms with E-state index in [4.69, 9.17) is 0 Å². The third-order valence-electron chi connectivity index (χ3n) is 2.44. The van der Waals surface area contributed by atoms with Crippen molar-refractivity contribution >= 4 is 23.5 Å². The van der Waals surface area contributed by atoms with Gasteiger partial charge < -0.3 is 0 Å². The quantitative estimate of drug-likeness (QED) is 0.600. The highest BCUT2D eigenvalue weighted by Crippen LogP contribution is 2.28. The van der Waals surface area contributed by atoms with E-state index < -0.39 is 0 Å².